The van der Waals surface area contributed by atoms with Crippen molar-refractivity contribution in [3.63, 3.8) is 0 Å². The van der Waals surface area contributed by atoms with Crippen molar-refractivity contribution in [3.8, 4) is 0 Å². The van der Waals surface area contributed by atoms with E-state index < -0.39 is 70.8 Å². The summed E-state index contributed by atoms with van der Waals surface area (Å²) in [5.41, 5.74) is 0. The van der Waals surface area contributed by atoms with Crippen molar-refractivity contribution in [2.75, 3.05) is 24.9 Å². The van der Waals surface area contributed by atoms with Crippen LogP contribution in [-0.2, 0) is 99.4 Å². The summed E-state index contributed by atoms with van der Waals surface area (Å²) in [6, 6.07) is 0. The number of hydrogen-bond donors (Lipinski definition) is 3. The van der Waals surface area contributed by atoms with Gasteiger partial charge in [-0.25, -0.2) is 18.9 Å². The third-order valence-corrected chi connectivity index (χ3v) is 6.37. The summed E-state index contributed by atoms with van der Waals surface area (Å²) in [7, 11) is -10.4. The van der Waals surface area contributed by atoms with Gasteiger partial charge in [-0.2, -0.15) is 25.3 Å². The summed E-state index contributed by atoms with van der Waals surface area (Å²) >= 11 is 6.45. The molecule has 0 aromatic heterocycles. The van der Waals surface area contributed by atoms with E-state index in [2.05, 4.69) is 49.8 Å². The van der Waals surface area contributed by atoms with E-state index in [0.29, 0.717) is 0 Å². The molecule has 3 aliphatic rings. The van der Waals surface area contributed by atoms with E-state index in [1.807, 2.05) is 13.8 Å². The largest absolute Gasteiger partial charge is 1.00 e. The van der Waals surface area contributed by atoms with Gasteiger partial charge in [-0.3, -0.25) is 9.59 Å². The Morgan fingerprint density at radius 3 is 1.05 bits per heavy atom. The third-order valence-electron chi connectivity index (χ3n) is 3.24. The molecule has 3 aliphatic heterocycles. The molecule has 0 saturated heterocycles. The van der Waals surface area contributed by atoms with Gasteiger partial charge in [-0.1, -0.05) is 23.9 Å². The second-order valence-electron chi connectivity index (χ2n) is 7.83. The molecule has 3 heterocycles. The smallest absolute Gasteiger partial charge is 0.870 e. The van der Waals surface area contributed by atoms with Gasteiger partial charge in [0.1, 0.15) is 23.1 Å². The number of nitrogens with one attached hydrogen (secondary N) is 1. The Balaban J connectivity index is -0.0000000530. The molecule has 1 amide bonds. The molecule has 0 aliphatic carbocycles. The molecular weight excluding hydrogens is 1010 g/mol. The van der Waals surface area contributed by atoms with Crippen LogP contribution in [0.1, 0.15) is 50.8 Å². The molecule has 0 aromatic carbocycles. The van der Waals surface area contributed by atoms with Crippen molar-refractivity contribution in [2.45, 2.75) is 48.0 Å². The Kier molecular flexibility index (Phi) is 61.6. The van der Waals surface area contributed by atoms with E-state index >= 15 is 0 Å². The fourth-order valence-electron chi connectivity index (χ4n) is 1.96. The average Bonchev–Trinajstić information content (AvgIpc) is 2.96. The average molecular weight is 1060 g/mol. The molecule has 28 nitrogen and oxygen atoms in total. The van der Waals surface area contributed by atoms with Gasteiger partial charge in [-0.15, -0.1) is 45.1 Å². The van der Waals surface area contributed by atoms with Gasteiger partial charge in [0, 0.05) is 37.3 Å². The predicted octanol–water partition coefficient (Wildman–Crippen LogP) is -8.53. The fourth-order valence-corrected chi connectivity index (χ4v) is 4.20. The van der Waals surface area contributed by atoms with Crippen LogP contribution in [0.2, 0.25) is 0 Å². The van der Waals surface area contributed by atoms with Crippen LogP contribution >= 0.6 is 23.2 Å². The zero-order chi connectivity index (χ0) is 44.6. The normalized spacial score (nSPS) is 15.9. The Morgan fingerprint density at radius 1 is 0.746 bits per heavy atom. The number of halogens is 2. The maximum Gasteiger partial charge on any atom is 1.00 e. The summed E-state index contributed by atoms with van der Waals surface area (Å²) in [6.45, 7) is 9.48. The number of ketones is 1. The van der Waals surface area contributed by atoms with Crippen molar-refractivity contribution < 1.29 is 217 Å². The molecule has 340 valence electrons. The number of carbonyl (C=O) groups is 2. The molecule has 0 bridgehead atoms. The quantitative estimate of drug-likeness (QED) is 0.0555. The fraction of sp³-hybridized carbons (Fsp3) is 0.500. The second-order valence-corrected chi connectivity index (χ2v) is 14.1. The number of hydrogen-bond acceptors (Lipinski definition) is 23. The number of nitrogens with zero attached hydrogens (tertiary/aromatic N) is 3. The van der Waals surface area contributed by atoms with Crippen LogP contribution < -0.4 is 123 Å². The summed E-state index contributed by atoms with van der Waals surface area (Å²) in [4.78, 5) is 20.4. The first-order valence-corrected chi connectivity index (χ1v) is 21.4. The first-order valence-electron chi connectivity index (χ1n) is 13.3. The first kappa shape index (κ1) is 79.3. The van der Waals surface area contributed by atoms with Crippen LogP contribution in [0.5, 0.6) is 0 Å². The zero-order valence-electron chi connectivity index (χ0n) is 34.9. The van der Waals surface area contributed by atoms with Gasteiger partial charge in [0.05, 0.1) is 11.8 Å². The van der Waals surface area contributed by atoms with Crippen LogP contribution in [0, 0.1) is 0 Å². The topological polar surface area (TPSA) is 457 Å². The molecule has 2 atom stereocenters. The molecule has 37 heteroatoms. The molecule has 0 fully saturated rings. The number of carbonyl (C=O) groups excluding carboxylic acids is 2. The van der Waals surface area contributed by atoms with Gasteiger partial charge >= 0.3 is 137 Å². The number of amides is 1. The molecule has 0 spiro atoms. The number of rotatable bonds is 6. The van der Waals surface area contributed by atoms with Crippen LogP contribution in [0.3, 0.4) is 0 Å². The van der Waals surface area contributed by atoms with Gasteiger partial charge in [0.25, 0.3) is 0 Å². The van der Waals surface area contributed by atoms with Gasteiger partial charge in [0.2, 0.25) is 5.91 Å². The summed E-state index contributed by atoms with van der Waals surface area (Å²) in [5.74, 6) is -2.61. The third kappa shape index (κ3) is 62.2. The SMILES string of the molecule is CC.CC1=CC([O-])=NS(=O)(=O)O1.CC1=CC([O-])=NS(=O)(=O)O1.CC1=CC([O-])=NS(=O)(=O)O1.CNC(=O)CC(C)=O.CS(=O)OOO.CS(=O)OOO.ClCCl.[H+].[H+].[K+].[K+].[OH-].[OH3+]. The monoisotopic (exact) mass is 1050 g/mol. The molecule has 0 radical (unpaired) electrons. The summed E-state index contributed by atoms with van der Waals surface area (Å²) in [5, 5.41) is 54.3. The Bertz CT molecular complexity index is 1600. The van der Waals surface area contributed by atoms with Crippen molar-refractivity contribution in [3.05, 3.63) is 35.5 Å². The van der Waals surface area contributed by atoms with Gasteiger partial charge < -0.3 is 44.1 Å². The first-order chi connectivity index (χ1) is 25.1. The number of allylic oxidation sites excluding steroid dienone is 3. The molecule has 2 unspecified atom stereocenters. The van der Waals surface area contributed by atoms with Crippen molar-refractivity contribution in [2.24, 2.45) is 13.2 Å². The van der Waals surface area contributed by atoms with E-state index in [-0.39, 0.29) is 157 Å². The van der Waals surface area contributed by atoms with Crippen LogP contribution in [0.15, 0.2) is 48.7 Å². The van der Waals surface area contributed by atoms with E-state index in [4.69, 9.17) is 33.7 Å². The van der Waals surface area contributed by atoms with E-state index in [1.54, 1.807) is 0 Å². The standard InChI is InChI=1S/C5H9NO2.3C4H5NO4S.C2H6.CH2Cl2.2CH4O4S.2K.2H2O/c1-4(7)3-5(8)6-2;3*1-3-2-4(6)5-10(7,8)9-3;1-2;2-1-3;2*1-6(3)5-4-2;;;;/h3H2,1-2H3,(H,6,8);3*2H,1H3,(H,5,6);1-2H3;1H2;2*2H,1H3;;;2*1H2/q;;;;;;;;2*+1;;/p-1. The Labute approximate surface area is 443 Å². The molecular formula is C22H43Cl2K2N4O24S5+. The van der Waals surface area contributed by atoms with Crippen molar-refractivity contribution in [1.82, 2.24) is 5.32 Å². The Morgan fingerprint density at radius 2 is 0.966 bits per heavy atom. The molecule has 3 rings (SSSR count). The minimum Gasteiger partial charge on any atom is -0.870 e. The molecule has 7 N–H and O–H groups in total. The van der Waals surface area contributed by atoms with Crippen LogP contribution in [0.4, 0.5) is 0 Å². The summed E-state index contributed by atoms with van der Waals surface area (Å²) in [6.07, 6.45) is 5.44. The minimum absolute atomic E-state index is 0. The maximum absolute atomic E-state index is 10.4. The van der Waals surface area contributed by atoms with Crippen LogP contribution in [0.25, 0.3) is 0 Å². The molecule has 0 saturated carbocycles. The number of Topliss-reactive ketones (excluding diaryl/α,β-unsaturated/α-hetero) is 1. The van der Waals surface area contributed by atoms with Crippen molar-refractivity contribution >= 4 is 106 Å². The van der Waals surface area contributed by atoms with Crippen molar-refractivity contribution in [1.29, 1.82) is 0 Å². The zero-order valence-corrected chi connectivity index (χ0v) is 44.7. The van der Waals surface area contributed by atoms with E-state index in [1.165, 1.54) is 47.3 Å². The minimum atomic E-state index is -3.97. The summed E-state index contributed by atoms with van der Waals surface area (Å²) < 4.78 is 110. The maximum atomic E-state index is 10.4. The molecule has 59 heavy (non-hydrogen) atoms. The Hall–Kier alpha value is -0.147. The number of alkyl halides is 2. The van der Waals surface area contributed by atoms with Gasteiger partial charge in [-0.05, 0) is 45.9 Å². The van der Waals surface area contributed by atoms with Gasteiger partial charge in [0.15, 0.2) is 22.2 Å². The second kappa shape index (κ2) is 45.9. The predicted molar refractivity (Wildman–Crippen MR) is 198 cm³/mol. The molecule has 0 aromatic rings. The van der Waals surface area contributed by atoms with E-state index in [9.17, 15) is 58.6 Å². The van der Waals surface area contributed by atoms with E-state index in [0.717, 1.165) is 18.2 Å². The van der Waals surface area contributed by atoms with Crippen LogP contribution in [-0.4, -0.2) is 104 Å².